The van der Waals surface area contributed by atoms with Gasteiger partial charge in [0.2, 0.25) is 0 Å². The van der Waals surface area contributed by atoms with Gasteiger partial charge in [0, 0.05) is 24.2 Å². The first-order chi connectivity index (χ1) is 6.79. The van der Waals surface area contributed by atoms with Gasteiger partial charge >= 0.3 is 0 Å². The van der Waals surface area contributed by atoms with Gasteiger partial charge in [0.25, 0.3) is 0 Å². The van der Waals surface area contributed by atoms with E-state index in [1.807, 2.05) is 12.4 Å². The van der Waals surface area contributed by atoms with E-state index in [4.69, 9.17) is 0 Å². The van der Waals surface area contributed by atoms with Crippen LogP contribution in [-0.2, 0) is 0 Å². The number of hydrogen-bond donors (Lipinski definition) is 0. The molecular weight excluding hydrogens is 172 g/mol. The van der Waals surface area contributed by atoms with Crippen LogP contribution < -0.4 is 0 Å². The average Bonchev–Trinajstić information content (AvgIpc) is 2.73. The lowest BCUT2D eigenvalue weighted by molar-refractivity contribution is 0.679. The Morgan fingerprint density at radius 3 is 2.00 bits per heavy atom. The quantitative estimate of drug-likeness (QED) is 0.582. The first kappa shape index (κ1) is 8.16. The first-order valence-electron chi connectivity index (χ1n) is 5.27. The van der Waals surface area contributed by atoms with Gasteiger partial charge in [-0.05, 0) is 26.7 Å². The maximum atomic E-state index is 4.48. The lowest BCUT2D eigenvalue weighted by Gasteiger charge is -2.10. The number of hydrogen-bond acceptors (Lipinski definition) is 2. The summed E-state index contributed by atoms with van der Waals surface area (Å²) in [6.07, 6.45) is 6.19. The molecule has 14 heavy (non-hydrogen) atoms. The highest BCUT2D eigenvalue weighted by Gasteiger charge is 2.43. The van der Waals surface area contributed by atoms with E-state index in [-0.39, 0.29) is 0 Å². The largest absolute Gasteiger partial charge is 0.257 e. The van der Waals surface area contributed by atoms with Crippen LogP contribution in [0.1, 0.15) is 49.9 Å². The average molecular weight is 186 g/mol. The second kappa shape index (κ2) is 2.66. The van der Waals surface area contributed by atoms with E-state index in [9.17, 15) is 0 Å². The topological polar surface area (TPSA) is 25.8 Å². The van der Waals surface area contributed by atoms with E-state index in [0.717, 1.165) is 0 Å². The van der Waals surface area contributed by atoms with E-state index in [1.165, 1.54) is 29.8 Å². The van der Waals surface area contributed by atoms with Crippen LogP contribution in [0, 0.1) is 0 Å². The zero-order chi connectivity index (χ0) is 9.71. The molecule has 72 valence electrons. The van der Waals surface area contributed by atoms with E-state index < -0.39 is 0 Å². The zero-order valence-electron chi connectivity index (χ0n) is 8.62. The molecule has 1 aromatic rings. The molecule has 0 spiro atoms. The first-order valence-corrected chi connectivity index (χ1v) is 5.27. The predicted octanol–water partition coefficient (Wildman–Crippen LogP) is 2.79. The third-order valence-corrected chi connectivity index (χ3v) is 3.49. The summed E-state index contributed by atoms with van der Waals surface area (Å²) in [7, 11) is 0. The van der Waals surface area contributed by atoms with Crippen molar-refractivity contribution in [1.82, 2.24) is 9.97 Å². The summed E-state index contributed by atoms with van der Waals surface area (Å²) in [6, 6.07) is 0. The zero-order valence-corrected chi connectivity index (χ0v) is 8.62. The van der Waals surface area contributed by atoms with Crippen LogP contribution in [0.5, 0.6) is 0 Å². The molecule has 0 amide bonds. The molecule has 1 aromatic heterocycles. The molecule has 1 heterocycles. The van der Waals surface area contributed by atoms with E-state index in [0.29, 0.717) is 11.8 Å². The minimum Gasteiger partial charge on any atom is -0.257 e. The van der Waals surface area contributed by atoms with Crippen molar-refractivity contribution in [3.63, 3.8) is 0 Å². The fraction of sp³-hybridized carbons (Fsp3) is 0.500. The molecule has 0 N–H and O–H groups in total. The number of nitrogens with zero attached hydrogens (tertiary/aromatic N) is 2. The standard InChI is InChI=1S/C12H14N2/c1-7(2)10-8-3-4-9(10)12-11(8)13-5-6-14-12/h5-6,8-9H,3-4H2,1-2H3/t8-,9+. The Balaban J connectivity index is 2.23. The summed E-state index contributed by atoms with van der Waals surface area (Å²) in [6.45, 7) is 4.43. The van der Waals surface area contributed by atoms with Crippen molar-refractivity contribution in [1.29, 1.82) is 0 Å². The highest BCUT2D eigenvalue weighted by molar-refractivity contribution is 5.48. The van der Waals surface area contributed by atoms with Gasteiger partial charge in [-0.1, -0.05) is 11.1 Å². The summed E-state index contributed by atoms with van der Waals surface area (Å²) in [5.74, 6) is 1.18. The molecule has 2 bridgehead atoms. The maximum Gasteiger partial charge on any atom is 0.0696 e. The fourth-order valence-corrected chi connectivity index (χ4v) is 3.05. The molecule has 2 heteroatoms. The van der Waals surface area contributed by atoms with E-state index in [1.54, 1.807) is 5.57 Å². The third kappa shape index (κ3) is 0.861. The van der Waals surface area contributed by atoms with E-state index in [2.05, 4.69) is 23.8 Å². The Kier molecular flexibility index (Phi) is 1.55. The Morgan fingerprint density at radius 2 is 1.57 bits per heavy atom. The fourth-order valence-electron chi connectivity index (χ4n) is 3.05. The van der Waals surface area contributed by atoms with Crippen LogP contribution in [0.25, 0.3) is 0 Å². The molecule has 3 rings (SSSR count). The highest BCUT2D eigenvalue weighted by Crippen LogP contribution is 2.56. The minimum absolute atomic E-state index is 0.591. The van der Waals surface area contributed by atoms with Crippen LogP contribution in [0.2, 0.25) is 0 Å². The molecular formula is C12H14N2. The Bertz CT molecular complexity index is 383. The molecule has 0 unspecified atom stereocenters. The van der Waals surface area contributed by atoms with Crippen molar-refractivity contribution in [2.45, 2.75) is 38.5 Å². The highest BCUT2D eigenvalue weighted by atomic mass is 14.8. The third-order valence-electron chi connectivity index (χ3n) is 3.49. The van der Waals surface area contributed by atoms with Gasteiger partial charge in [-0.2, -0.15) is 0 Å². The smallest absolute Gasteiger partial charge is 0.0696 e. The summed E-state index contributed by atoms with van der Waals surface area (Å²) >= 11 is 0. The molecule has 0 aliphatic heterocycles. The molecule has 0 saturated heterocycles. The summed E-state index contributed by atoms with van der Waals surface area (Å²) in [5.41, 5.74) is 5.57. The number of aromatic nitrogens is 2. The molecule has 2 nitrogen and oxygen atoms in total. The Hall–Kier alpha value is -1.18. The molecule has 0 aromatic carbocycles. The molecule has 0 radical (unpaired) electrons. The van der Waals surface area contributed by atoms with Gasteiger partial charge in [-0.15, -0.1) is 0 Å². The molecule has 2 aliphatic carbocycles. The van der Waals surface area contributed by atoms with Crippen molar-refractivity contribution in [3.8, 4) is 0 Å². The van der Waals surface area contributed by atoms with Gasteiger partial charge in [-0.25, -0.2) is 0 Å². The molecule has 1 saturated carbocycles. The lowest BCUT2D eigenvalue weighted by atomic mass is 10.00. The van der Waals surface area contributed by atoms with E-state index >= 15 is 0 Å². The molecule has 2 aliphatic rings. The van der Waals surface area contributed by atoms with Gasteiger partial charge in [-0.3, -0.25) is 9.97 Å². The van der Waals surface area contributed by atoms with Gasteiger partial charge in [0.05, 0.1) is 11.4 Å². The molecule has 2 atom stereocenters. The normalized spacial score (nSPS) is 28.0. The molecule has 1 fully saturated rings. The van der Waals surface area contributed by atoms with Crippen LogP contribution in [0.15, 0.2) is 23.5 Å². The monoisotopic (exact) mass is 186 g/mol. The van der Waals surface area contributed by atoms with Crippen molar-refractivity contribution in [2.24, 2.45) is 0 Å². The minimum atomic E-state index is 0.591. The number of rotatable bonds is 0. The van der Waals surface area contributed by atoms with Crippen molar-refractivity contribution in [2.75, 3.05) is 0 Å². The summed E-state index contributed by atoms with van der Waals surface area (Å²) in [4.78, 5) is 8.96. The number of fused-ring (bicyclic) bond motifs is 5. The number of allylic oxidation sites excluding steroid dienone is 2. The van der Waals surface area contributed by atoms with Crippen molar-refractivity contribution < 1.29 is 0 Å². The lowest BCUT2D eigenvalue weighted by Crippen LogP contribution is -2.02. The van der Waals surface area contributed by atoms with Gasteiger partial charge in [0.1, 0.15) is 0 Å². The van der Waals surface area contributed by atoms with Crippen LogP contribution in [0.4, 0.5) is 0 Å². The van der Waals surface area contributed by atoms with Gasteiger partial charge < -0.3 is 0 Å². The summed E-state index contributed by atoms with van der Waals surface area (Å²) < 4.78 is 0. The maximum absolute atomic E-state index is 4.48. The van der Waals surface area contributed by atoms with Crippen LogP contribution in [0.3, 0.4) is 0 Å². The Morgan fingerprint density at radius 1 is 1.07 bits per heavy atom. The van der Waals surface area contributed by atoms with Crippen LogP contribution in [-0.4, -0.2) is 9.97 Å². The van der Waals surface area contributed by atoms with Crippen LogP contribution >= 0.6 is 0 Å². The SMILES string of the molecule is CC(C)=C1[C@H]2CC[C@@H]1c1nccnc12. The van der Waals surface area contributed by atoms with Gasteiger partial charge in [0.15, 0.2) is 0 Å². The summed E-state index contributed by atoms with van der Waals surface area (Å²) in [5, 5.41) is 0. The van der Waals surface area contributed by atoms with Crippen molar-refractivity contribution >= 4 is 0 Å². The second-order valence-electron chi connectivity index (χ2n) is 4.46. The van der Waals surface area contributed by atoms with Crippen molar-refractivity contribution in [3.05, 3.63) is 34.9 Å². The second-order valence-corrected chi connectivity index (χ2v) is 4.46. The predicted molar refractivity (Wildman–Crippen MR) is 55.1 cm³/mol. The Labute approximate surface area is 84.1 Å².